The van der Waals surface area contributed by atoms with Crippen LogP contribution in [0.3, 0.4) is 0 Å². The van der Waals surface area contributed by atoms with Crippen molar-refractivity contribution in [2.45, 2.75) is 0 Å². The summed E-state index contributed by atoms with van der Waals surface area (Å²) in [5, 5.41) is 30.1. The van der Waals surface area contributed by atoms with Crippen molar-refractivity contribution in [3.63, 3.8) is 0 Å². The Morgan fingerprint density at radius 1 is 1.40 bits per heavy atom. The van der Waals surface area contributed by atoms with Crippen LogP contribution in [0, 0.1) is 15.3 Å². The predicted molar refractivity (Wildman–Crippen MR) is 18.4 cm³/mol. The van der Waals surface area contributed by atoms with Crippen molar-refractivity contribution in [3.8, 4) is 0 Å². The summed E-state index contributed by atoms with van der Waals surface area (Å²) in [5.41, 5.74) is 0. The van der Waals surface area contributed by atoms with E-state index < -0.39 is 11.2 Å². The van der Waals surface area contributed by atoms with Crippen molar-refractivity contribution < 1.29 is 90.3 Å². The van der Waals surface area contributed by atoms with Gasteiger partial charge in [-0.25, -0.2) is 0 Å². The van der Waals surface area contributed by atoms with Gasteiger partial charge in [0.1, 0.15) is 0 Å². The SMILES string of the molecule is O=C([O-])O.O=[N+]([O-])[O-].[K+].[Li+]. The average molecular weight is 169 g/mol. The number of rotatable bonds is 0. The standard InChI is InChI=1S/CH2O3.K.Li.NO3/c2-1(3)4;;;2-1(3)4/h(H2,2,3,4);;;/q;2*+1;-1/p-1. The molecule has 0 bridgehead atoms. The topological polar surface area (TPSA) is 127 Å². The molecule has 9 heteroatoms. The van der Waals surface area contributed by atoms with E-state index in [2.05, 4.69) is 0 Å². The van der Waals surface area contributed by atoms with Crippen LogP contribution in [-0.4, -0.2) is 16.3 Å². The smallest absolute Gasteiger partial charge is 0.565 e. The summed E-state index contributed by atoms with van der Waals surface area (Å²) in [6.07, 6.45) is -2.08. The van der Waals surface area contributed by atoms with Gasteiger partial charge in [0.15, 0.2) is 0 Å². The van der Waals surface area contributed by atoms with Crippen LogP contribution < -0.4 is 75.4 Å². The molecule has 0 unspecified atom stereocenters. The first-order valence-electron chi connectivity index (χ1n) is 1.18. The van der Waals surface area contributed by atoms with Crippen LogP contribution in [0.4, 0.5) is 4.79 Å². The summed E-state index contributed by atoms with van der Waals surface area (Å²) in [5.74, 6) is 0. The number of hydrogen-bond donors (Lipinski definition) is 1. The molecule has 1 N–H and O–H groups in total. The molecule has 0 fully saturated rings. The van der Waals surface area contributed by atoms with Crippen molar-refractivity contribution >= 4 is 6.16 Å². The van der Waals surface area contributed by atoms with Gasteiger partial charge in [-0.05, 0) is 0 Å². The van der Waals surface area contributed by atoms with Crippen LogP contribution in [0.15, 0.2) is 0 Å². The second-order valence-electron chi connectivity index (χ2n) is 0.490. The van der Waals surface area contributed by atoms with E-state index in [0.717, 1.165) is 0 Å². The molecule has 0 aliphatic heterocycles. The first-order chi connectivity index (χ1) is 3.46. The summed E-state index contributed by atoms with van der Waals surface area (Å²) < 4.78 is 0. The Labute approximate surface area is 110 Å². The molecule has 0 saturated heterocycles. The van der Waals surface area contributed by atoms with Gasteiger partial charge in [0.25, 0.3) is 0 Å². The number of nitrogens with zero attached hydrogens (tertiary/aromatic N) is 1. The molecule has 0 aliphatic carbocycles. The van der Waals surface area contributed by atoms with Gasteiger partial charge in [-0.1, -0.05) is 0 Å². The quantitative estimate of drug-likeness (QED) is 0.218. The summed E-state index contributed by atoms with van der Waals surface area (Å²) in [7, 11) is 0. The van der Waals surface area contributed by atoms with Crippen molar-refractivity contribution in [1.82, 2.24) is 0 Å². The Bertz CT molecular complexity index is 75.7. The monoisotopic (exact) mass is 169 g/mol. The zero-order valence-electron chi connectivity index (χ0n) is 5.44. The Kier molecular flexibility index (Phi) is 36.7. The number of carbonyl (C=O) groups is 1. The third-order valence-electron chi connectivity index (χ3n) is 0. The van der Waals surface area contributed by atoms with Gasteiger partial charge in [0.2, 0.25) is 6.16 Å². The summed E-state index contributed by atoms with van der Waals surface area (Å²) in [4.78, 5) is 16.7. The number of hydrogen-bond acceptors (Lipinski definition) is 5. The molecule has 0 spiro atoms. The van der Waals surface area contributed by atoms with Gasteiger partial charge < -0.3 is 30.3 Å². The maximum atomic E-state index is 8.44. The van der Waals surface area contributed by atoms with E-state index in [0.29, 0.717) is 0 Å². The van der Waals surface area contributed by atoms with E-state index in [1.165, 1.54) is 0 Å². The molecule has 0 saturated carbocycles. The fraction of sp³-hybridized carbons (Fsp3) is 0. The van der Waals surface area contributed by atoms with Gasteiger partial charge in [-0.2, -0.15) is 0 Å². The fourth-order valence-corrected chi connectivity index (χ4v) is 0. The van der Waals surface area contributed by atoms with Gasteiger partial charge in [-0.15, -0.1) is 0 Å². The van der Waals surface area contributed by atoms with Crippen molar-refractivity contribution in [3.05, 3.63) is 15.3 Å². The predicted octanol–water partition coefficient (Wildman–Crippen LogP) is -7.34. The third kappa shape index (κ3) is 1040. The molecule has 0 amide bonds. The van der Waals surface area contributed by atoms with Crippen molar-refractivity contribution in [2.24, 2.45) is 0 Å². The molecule has 7 nitrogen and oxygen atoms in total. The van der Waals surface area contributed by atoms with Crippen LogP contribution in [0.25, 0.3) is 0 Å². The van der Waals surface area contributed by atoms with Crippen LogP contribution in [0.2, 0.25) is 0 Å². The van der Waals surface area contributed by atoms with Gasteiger partial charge in [-0.3, -0.25) is 0 Å². The minimum absolute atomic E-state index is 0. The van der Waals surface area contributed by atoms with E-state index in [1.54, 1.807) is 0 Å². The van der Waals surface area contributed by atoms with Crippen LogP contribution >= 0.6 is 0 Å². The minimum atomic E-state index is -2.08. The first-order valence-corrected chi connectivity index (χ1v) is 1.18. The summed E-state index contributed by atoms with van der Waals surface area (Å²) in [6.45, 7) is 0. The van der Waals surface area contributed by atoms with Gasteiger partial charge in [0, 0.05) is 0 Å². The second kappa shape index (κ2) is 16.4. The maximum absolute atomic E-state index is 8.44. The first kappa shape index (κ1) is 22.4. The molecule has 0 aliphatic rings. The molecule has 0 rings (SSSR count). The van der Waals surface area contributed by atoms with E-state index >= 15 is 0 Å². The van der Waals surface area contributed by atoms with Crippen LogP contribution in [0.1, 0.15) is 0 Å². The molecule has 48 valence electrons. The van der Waals surface area contributed by atoms with E-state index in [9.17, 15) is 0 Å². The molecule has 10 heavy (non-hydrogen) atoms. The Hall–Kier alpha value is 0.704. The van der Waals surface area contributed by atoms with Crippen molar-refractivity contribution in [2.75, 3.05) is 0 Å². The zero-order chi connectivity index (χ0) is 7.15. The Morgan fingerprint density at radius 3 is 1.40 bits per heavy atom. The van der Waals surface area contributed by atoms with Crippen molar-refractivity contribution in [1.29, 1.82) is 0 Å². The molecule has 0 aromatic heterocycles. The molecule has 0 aromatic rings. The largest absolute Gasteiger partial charge is 1.00 e. The normalized spacial score (nSPS) is 4.80. The molecule has 0 heterocycles. The zero-order valence-corrected chi connectivity index (χ0v) is 8.56. The molecule has 0 aromatic carbocycles. The average Bonchev–Trinajstić information content (AvgIpc) is 1.25. The van der Waals surface area contributed by atoms with E-state index in [4.69, 9.17) is 30.3 Å². The fourth-order valence-electron chi connectivity index (χ4n) is 0. The van der Waals surface area contributed by atoms with Gasteiger partial charge in [0.05, 0.1) is 5.09 Å². The second-order valence-corrected chi connectivity index (χ2v) is 0.490. The molecular weight excluding hydrogens is 168 g/mol. The third-order valence-corrected chi connectivity index (χ3v) is 0. The molecule has 0 atom stereocenters. The van der Waals surface area contributed by atoms with Gasteiger partial charge >= 0.3 is 70.2 Å². The summed E-state index contributed by atoms with van der Waals surface area (Å²) >= 11 is 0. The van der Waals surface area contributed by atoms with E-state index in [-0.39, 0.29) is 70.2 Å². The molecule has 0 radical (unpaired) electrons. The van der Waals surface area contributed by atoms with E-state index in [1.807, 2.05) is 0 Å². The maximum Gasteiger partial charge on any atom is 1.00 e. The summed E-state index contributed by atoms with van der Waals surface area (Å²) in [6, 6.07) is 0. The Balaban J connectivity index is -0.0000000300. The minimum Gasteiger partial charge on any atom is -0.565 e. The van der Waals surface area contributed by atoms with Crippen LogP contribution in [0.5, 0.6) is 0 Å². The molecular formula is CHKLiNO6. The van der Waals surface area contributed by atoms with Crippen LogP contribution in [-0.2, 0) is 0 Å². The Morgan fingerprint density at radius 2 is 1.40 bits per heavy atom. The number of carboxylic acid groups (broad SMARTS) is 2.